The molecule has 0 saturated carbocycles. The van der Waals surface area contributed by atoms with E-state index >= 15 is 0 Å². The molecular weight excluding hydrogens is 291 g/mol. The first-order valence-electron chi connectivity index (χ1n) is 7.34. The van der Waals surface area contributed by atoms with Gasteiger partial charge in [0.05, 0.1) is 16.1 Å². The number of halogens is 2. The Bertz CT molecular complexity index is 454. The molecule has 1 aliphatic rings. The largest absolute Gasteiger partial charge is 0.311 e. The monoisotopic (exact) mass is 314 g/mol. The van der Waals surface area contributed by atoms with Crippen molar-refractivity contribution in [1.29, 1.82) is 0 Å². The summed E-state index contributed by atoms with van der Waals surface area (Å²) in [5, 5.41) is 4.73. The van der Waals surface area contributed by atoms with Gasteiger partial charge in [-0.25, -0.2) is 0 Å². The van der Waals surface area contributed by atoms with Crippen molar-refractivity contribution in [1.82, 2.24) is 10.2 Å². The summed E-state index contributed by atoms with van der Waals surface area (Å²) in [7, 11) is 1.99. The number of benzene rings is 1. The second-order valence-electron chi connectivity index (χ2n) is 6.07. The van der Waals surface area contributed by atoms with Gasteiger partial charge in [0.25, 0.3) is 0 Å². The van der Waals surface area contributed by atoms with Crippen LogP contribution < -0.4 is 5.32 Å². The number of hydrogen-bond acceptors (Lipinski definition) is 2. The number of nitrogens with one attached hydrogen (secondary N) is 1. The van der Waals surface area contributed by atoms with Crippen LogP contribution >= 0.6 is 23.2 Å². The van der Waals surface area contributed by atoms with Crippen LogP contribution in [-0.2, 0) is 0 Å². The van der Waals surface area contributed by atoms with Crippen molar-refractivity contribution in [3.63, 3.8) is 0 Å². The van der Waals surface area contributed by atoms with Crippen LogP contribution in [0.5, 0.6) is 0 Å². The van der Waals surface area contributed by atoms with Gasteiger partial charge in [-0.2, -0.15) is 0 Å². The van der Waals surface area contributed by atoms with Crippen LogP contribution in [0.4, 0.5) is 0 Å². The minimum Gasteiger partial charge on any atom is -0.311 e. The molecule has 1 saturated heterocycles. The summed E-state index contributed by atoms with van der Waals surface area (Å²) in [6.07, 6.45) is 3.90. The van der Waals surface area contributed by atoms with E-state index in [4.69, 9.17) is 23.2 Å². The number of likely N-dealkylation sites (N-methyl/N-ethyl adjacent to an activating group) is 1. The van der Waals surface area contributed by atoms with Crippen LogP contribution in [0, 0.1) is 0 Å². The molecule has 1 unspecified atom stereocenters. The molecule has 2 nitrogen and oxygen atoms in total. The maximum atomic E-state index is 6.42. The molecule has 0 aromatic heterocycles. The lowest BCUT2D eigenvalue weighted by Crippen LogP contribution is -2.53. The maximum Gasteiger partial charge on any atom is 0.0640 e. The van der Waals surface area contributed by atoms with E-state index in [1.807, 2.05) is 19.2 Å². The number of rotatable bonds is 4. The van der Waals surface area contributed by atoms with E-state index in [0.29, 0.717) is 10.0 Å². The molecule has 0 bridgehead atoms. The SMILES string of the molecule is CNC(c1cccc(Cl)c1Cl)C(C)(C)N1CCCCC1. The van der Waals surface area contributed by atoms with Gasteiger partial charge in [0.2, 0.25) is 0 Å². The van der Waals surface area contributed by atoms with Gasteiger partial charge in [0.1, 0.15) is 0 Å². The van der Waals surface area contributed by atoms with Crippen molar-refractivity contribution in [3.8, 4) is 0 Å². The van der Waals surface area contributed by atoms with Gasteiger partial charge in [-0.15, -0.1) is 0 Å². The van der Waals surface area contributed by atoms with E-state index in [-0.39, 0.29) is 11.6 Å². The lowest BCUT2D eigenvalue weighted by atomic mass is 9.85. The molecule has 0 amide bonds. The minimum atomic E-state index is 0.00346. The quantitative estimate of drug-likeness (QED) is 0.879. The lowest BCUT2D eigenvalue weighted by Gasteiger charge is -2.46. The average molecular weight is 315 g/mol. The smallest absolute Gasteiger partial charge is 0.0640 e. The summed E-state index contributed by atoms with van der Waals surface area (Å²) in [6.45, 7) is 6.89. The standard InChI is InChI=1S/C16H24Cl2N2/c1-16(2,20-10-5-4-6-11-20)15(19-3)12-8-7-9-13(17)14(12)18/h7-9,15,19H,4-6,10-11H2,1-3H3. The lowest BCUT2D eigenvalue weighted by molar-refractivity contribution is 0.0633. The van der Waals surface area contributed by atoms with Crippen LogP contribution in [0.15, 0.2) is 18.2 Å². The Hall–Kier alpha value is -0.280. The molecule has 0 aliphatic carbocycles. The van der Waals surface area contributed by atoms with E-state index in [2.05, 4.69) is 30.1 Å². The van der Waals surface area contributed by atoms with Crippen LogP contribution in [-0.4, -0.2) is 30.6 Å². The number of piperidine rings is 1. The maximum absolute atomic E-state index is 6.42. The molecule has 1 fully saturated rings. The third-order valence-corrected chi connectivity index (χ3v) is 5.29. The van der Waals surface area contributed by atoms with E-state index in [9.17, 15) is 0 Å². The normalized spacial score (nSPS) is 19.1. The Morgan fingerprint density at radius 2 is 1.80 bits per heavy atom. The molecule has 0 radical (unpaired) electrons. The second kappa shape index (κ2) is 6.65. The predicted molar refractivity (Wildman–Crippen MR) is 87.8 cm³/mol. The fourth-order valence-corrected chi connectivity index (χ4v) is 3.70. The first-order chi connectivity index (χ1) is 9.48. The second-order valence-corrected chi connectivity index (χ2v) is 6.85. The average Bonchev–Trinajstić information content (AvgIpc) is 2.45. The van der Waals surface area contributed by atoms with Gasteiger partial charge in [-0.05, 0) is 58.5 Å². The van der Waals surface area contributed by atoms with Crippen molar-refractivity contribution in [2.75, 3.05) is 20.1 Å². The van der Waals surface area contributed by atoms with Crippen LogP contribution in [0.1, 0.15) is 44.7 Å². The Labute approximate surface area is 132 Å². The number of nitrogens with zero attached hydrogens (tertiary/aromatic N) is 1. The molecule has 1 N–H and O–H groups in total. The number of likely N-dealkylation sites (tertiary alicyclic amines) is 1. The Balaban J connectivity index is 2.32. The molecule has 1 aromatic rings. The molecule has 112 valence electrons. The van der Waals surface area contributed by atoms with Crippen molar-refractivity contribution < 1.29 is 0 Å². The molecule has 20 heavy (non-hydrogen) atoms. The van der Waals surface area contributed by atoms with E-state index < -0.39 is 0 Å². The number of hydrogen-bond donors (Lipinski definition) is 1. The van der Waals surface area contributed by atoms with Crippen LogP contribution in [0.25, 0.3) is 0 Å². The Kier molecular flexibility index (Phi) is 5.36. The summed E-state index contributed by atoms with van der Waals surface area (Å²) in [4.78, 5) is 2.56. The highest BCUT2D eigenvalue weighted by Crippen LogP contribution is 2.38. The first kappa shape index (κ1) is 16.1. The topological polar surface area (TPSA) is 15.3 Å². The van der Waals surface area contributed by atoms with Gasteiger partial charge in [0, 0.05) is 5.54 Å². The van der Waals surface area contributed by atoms with E-state index in [0.717, 1.165) is 18.7 Å². The van der Waals surface area contributed by atoms with Crippen molar-refractivity contribution >= 4 is 23.2 Å². The summed E-state index contributed by atoms with van der Waals surface area (Å²) < 4.78 is 0. The molecule has 1 atom stereocenters. The molecule has 4 heteroatoms. The molecule has 1 aromatic carbocycles. The summed E-state index contributed by atoms with van der Waals surface area (Å²) >= 11 is 12.6. The van der Waals surface area contributed by atoms with Crippen molar-refractivity contribution in [3.05, 3.63) is 33.8 Å². The molecule has 0 spiro atoms. The predicted octanol–water partition coefficient (Wildman–Crippen LogP) is 4.52. The molecule has 1 aliphatic heterocycles. The zero-order valence-corrected chi connectivity index (χ0v) is 14.1. The van der Waals surface area contributed by atoms with Gasteiger partial charge in [-0.1, -0.05) is 41.8 Å². The Morgan fingerprint density at radius 1 is 1.15 bits per heavy atom. The van der Waals surface area contributed by atoms with Crippen LogP contribution in [0.3, 0.4) is 0 Å². The zero-order valence-electron chi connectivity index (χ0n) is 12.5. The summed E-state index contributed by atoms with van der Waals surface area (Å²) in [6, 6.07) is 6.04. The van der Waals surface area contributed by atoms with Crippen molar-refractivity contribution in [2.45, 2.75) is 44.7 Å². The zero-order chi connectivity index (χ0) is 14.8. The van der Waals surface area contributed by atoms with Gasteiger partial charge >= 0.3 is 0 Å². The fraction of sp³-hybridized carbons (Fsp3) is 0.625. The van der Waals surface area contributed by atoms with E-state index in [1.54, 1.807) is 0 Å². The molecular formula is C16H24Cl2N2. The molecule has 2 rings (SSSR count). The highest BCUT2D eigenvalue weighted by Gasteiger charge is 2.37. The third kappa shape index (κ3) is 3.14. The fourth-order valence-electron chi connectivity index (χ4n) is 3.29. The van der Waals surface area contributed by atoms with Gasteiger partial charge in [0.15, 0.2) is 0 Å². The summed E-state index contributed by atoms with van der Waals surface area (Å²) in [5.74, 6) is 0. The highest BCUT2D eigenvalue weighted by atomic mass is 35.5. The summed E-state index contributed by atoms with van der Waals surface area (Å²) in [5.41, 5.74) is 1.08. The Morgan fingerprint density at radius 3 is 2.40 bits per heavy atom. The molecule has 1 heterocycles. The van der Waals surface area contributed by atoms with Crippen LogP contribution in [0.2, 0.25) is 10.0 Å². The van der Waals surface area contributed by atoms with E-state index in [1.165, 1.54) is 19.3 Å². The first-order valence-corrected chi connectivity index (χ1v) is 8.10. The van der Waals surface area contributed by atoms with Gasteiger partial charge in [-0.3, -0.25) is 4.90 Å². The minimum absolute atomic E-state index is 0.00346. The van der Waals surface area contributed by atoms with Crippen molar-refractivity contribution in [2.24, 2.45) is 0 Å². The highest BCUT2D eigenvalue weighted by molar-refractivity contribution is 6.42. The van der Waals surface area contributed by atoms with Gasteiger partial charge < -0.3 is 5.32 Å². The third-order valence-electron chi connectivity index (χ3n) is 4.46.